The molecule has 1 aliphatic heterocycles. The molecular weight excluding hydrogens is 190 g/mol. The van der Waals surface area contributed by atoms with Gasteiger partial charge in [-0.15, -0.1) is 0 Å². The number of rotatable bonds is 4. The Balaban J connectivity index is 1.91. The number of aldehydes is 1. The van der Waals surface area contributed by atoms with Crippen molar-refractivity contribution in [1.29, 1.82) is 0 Å². The van der Waals surface area contributed by atoms with Gasteiger partial charge in [-0.3, -0.25) is 9.48 Å². The number of aromatic nitrogens is 2. The first-order valence-electron chi connectivity index (χ1n) is 5.50. The molecule has 0 unspecified atom stereocenters. The van der Waals surface area contributed by atoms with Crippen molar-refractivity contribution >= 4 is 6.29 Å². The molecule has 0 aromatic carbocycles. The molecule has 1 fully saturated rings. The summed E-state index contributed by atoms with van der Waals surface area (Å²) in [6.45, 7) is 3.52. The van der Waals surface area contributed by atoms with Crippen LogP contribution < -0.4 is 0 Å². The zero-order valence-electron chi connectivity index (χ0n) is 9.15. The average Bonchev–Trinajstić information content (AvgIpc) is 2.84. The molecule has 1 aromatic heterocycles. The van der Waals surface area contributed by atoms with Crippen LogP contribution in [-0.4, -0.2) is 40.6 Å². The van der Waals surface area contributed by atoms with Crippen LogP contribution in [0.5, 0.6) is 0 Å². The first-order valence-corrected chi connectivity index (χ1v) is 5.50. The molecule has 0 saturated carbocycles. The lowest BCUT2D eigenvalue weighted by molar-refractivity contribution is 0.111. The lowest BCUT2D eigenvalue weighted by Gasteiger charge is -2.13. The van der Waals surface area contributed by atoms with Gasteiger partial charge in [0.25, 0.3) is 0 Å². The minimum atomic E-state index is 0.536. The third kappa shape index (κ3) is 2.45. The van der Waals surface area contributed by atoms with Crippen LogP contribution >= 0.6 is 0 Å². The Morgan fingerprint density at radius 1 is 1.47 bits per heavy atom. The Morgan fingerprint density at radius 2 is 2.20 bits per heavy atom. The van der Waals surface area contributed by atoms with E-state index in [9.17, 15) is 4.79 Å². The first kappa shape index (κ1) is 10.4. The molecule has 0 bridgehead atoms. The van der Waals surface area contributed by atoms with Gasteiger partial charge in [-0.2, -0.15) is 5.10 Å². The van der Waals surface area contributed by atoms with Gasteiger partial charge >= 0.3 is 0 Å². The molecule has 4 heteroatoms. The number of carbonyl (C=O) groups excluding carboxylic acids is 1. The summed E-state index contributed by atoms with van der Waals surface area (Å²) in [6, 6.07) is 1.88. The fourth-order valence-electron chi connectivity index (χ4n) is 2.10. The molecule has 0 aliphatic carbocycles. The smallest absolute Gasteiger partial charge is 0.170 e. The second-order valence-corrected chi connectivity index (χ2v) is 4.10. The molecule has 0 N–H and O–H groups in total. The maximum atomic E-state index is 10.5. The fourth-order valence-corrected chi connectivity index (χ4v) is 2.10. The highest BCUT2D eigenvalue weighted by molar-refractivity contribution is 5.71. The van der Waals surface area contributed by atoms with Gasteiger partial charge in [0.05, 0.1) is 0 Å². The van der Waals surface area contributed by atoms with E-state index in [4.69, 9.17) is 0 Å². The van der Waals surface area contributed by atoms with Gasteiger partial charge in [-0.05, 0) is 32.0 Å². The monoisotopic (exact) mass is 207 g/mol. The van der Waals surface area contributed by atoms with Gasteiger partial charge in [0.2, 0.25) is 0 Å². The molecule has 0 atom stereocenters. The molecule has 1 aliphatic rings. The van der Waals surface area contributed by atoms with Crippen molar-refractivity contribution in [3.05, 3.63) is 17.5 Å². The van der Waals surface area contributed by atoms with Crippen LogP contribution in [0, 0.1) is 0 Å². The summed E-state index contributed by atoms with van der Waals surface area (Å²) in [6.07, 6.45) is 4.44. The third-order valence-corrected chi connectivity index (χ3v) is 3.00. The number of hydrogen-bond donors (Lipinski definition) is 0. The van der Waals surface area contributed by atoms with E-state index in [1.54, 1.807) is 4.68 Å². The molecule has 15 heavy (non-hydrogen) atoms. The van der Waals surface area contributed by atoms with E-state index in [-0.39, 0.29) is 0 Å². The van der Waals surface area contributed by atoms with Gasteiger partial charge < -0.3 is 4.90 Å². The highest BCUT2D eigenvalue weighted by atomic mass is 16.1. The van der Waals surface area contributed by atoms with E-state index >= 15 is 0 Å². The van der Waals surface area contributed by atoms with Crippen molar-refractivity contribution in [2.24, 2.45) is 7.05 Å². The molecule has 82 valence electrons. The van der Waals surface area contributed by atoms with Gasteiger partial charge in [-0.25, -0.2) is 0 Å². The molecule has 0 amide bonds. The lowest BCUT2D eigenvalue weighted by Crippen LogP contribution is -2.22. The SMILES string of the molecule is Cn1nc(C=O)cc1CCN1CCCC1. The van der Waals surface area contributed by atoms with Crippen LogP contribution in [0.4, 0.5) is 0 Å². The predicted molar refractivity (Wildman–Crippen MR) is 58.0 cm³/mol. The fraction of sp³-hybridized carbons (Fsp3) is 0.636. The van der Waals surface area contributed by atoms with Crippen LogP contribution in [-0.2, 0) is 13.5 Å². The molecule has 0 spiro atoms. The van der Waals surface area contributed by atoms with E-state index in [1.165, 1.54) is 25.9 Å². The van der Waals surface area contributed by atoms with E-state index < -0.39 is 0 Å². The van der Waals surface area contributed by atoms with Gasteiger partial charge in [-0.1, -0.05) is 0 Å². The lowest BCUT2D eigenvalue weighted by atomic mass is 10.2. The van der Waals surface area contributed by atoms with Crippen molar-refractivity contribution in [2.75, 3.05) is 19.6 Å². The minimum Gasteiger partial charge on any atom is -0.303 e. The second-order valence-electron chi connectivity index (χ2n) is 4.10. The second kappa shape index (κ2) is 4.57. The molecule has 1 aromatic rings. The van der Waals surface area contributed by atoms with Crippen molar-refractivity contribution in [2.45, 2.75) is 19.3 Å². The third-order valence-electron chi connectivity index (χ3n) is 3.00. The van der Waals surface area contributed by atoms with Gasteiger partial charge in [0.1, 0.15) is 5.69 Å². The van der Waals surface area contributed by atoms with Gasteiger partial charge in [0, 0.05) is 25.7 Å². The van der Waals surface area contributed by atoms with Crippen LogP contribution in [0.25, 0.3) is 0 Å². The Bertz CT molecular complexity index is 340. The quantitative estimate of drug-likeness (QED) is 0.688. The molecule has 4 nitrogen and oxygen atoms in total. The average molecular weight is 207 g/mol. The topological polar surface area (TPSA) is 38.1 Å². The predicted octanol–water partition coefficient (Wildman–Crippen LogP) is 0.871. The largest absolute Gasteiger partial charge is 0.303 e. The van der Waals surface area contributed by atoms with E-state index in [0.717, 1.165) is 24.9 Å². The summed E-state index contributed by atoms with van der Waals surface area (Å²) < 4.78 is 1.81. The maximum Gasteiger partial charge on any atom is 0.170 e. The highest BCUT2D eigenvalue weighted by Gasteiger charge is 2.12. The summed E-state index contributed by atoms with van der Waals surface area (Å²) in [5, 5.41) is 4.10. The minimum absolute atomic E-state index is 0.536. The number of nitrogens with zero attached hydrogens (tertiary/aromatic N) is 3. The summed E-state index contributed by atoms with van der Waals surface area (Å²) >= 11 is 0. The normalized spacial score (nSPS) is 17.1. The highest BCUT2D eigenvalue weighted by Crippen LogP contribution is 2.09. The van der Waals surface area contributed by atoms with Crippen LogP contribution in [0.1, 0.15) is 29.0 Å². The Hall–Kier alpha value is -1.16. The standard InChI is InChI=1S/C11H17N3O/c1-13-11(8-10(9-15)12-13)4-7-14-5-2-3-6-14/h8-9H,2-7H2,1H3. The molecule has 0 radical (unpaired) electrons. The summed E-state index contributed by atoms with van der Waals surface area (Å²) in [5.41, 5.74) is 1.68. The number of aryl methyl sites for hydroxylation is 1. The summed E-state index contributed by atoms with van der Waals surface area (Å²) in [5.74, 6) is 0. The van der Waals surface area contributed by atoms with E-state index in [0.29, 0.717) is 5.69 Å². The summed E-state index contributed by atoms with van der Waals surface area (Å²) in [4.78, 5) is 13.0. The molecule has 2 rings (SSSR count). The zero-order chi connectivity index (χ0) is 10.7. The van der Waals surface area contributed by atoms with Crippen molar-refractivity contribution in [3.8, 4) is 0 Å². The Labute approximate surface area is 89.9 Å². The van der Waals surface area contributed by atoms with E-state index in [1.807, 2.05) is 13.1 Å². The Kier molecular flexibility index (Phi) is 3.16. The first-order chi connectivity index (χ1) is 7.29. The van der Waals surface area contributed by atoms with Crippen LogP contribution in [0.2, 0.25) is 0 Å². The number of carbonyl (C=O) groups is 1. The van der Waals surface area contributed by atoms with Crippen LogP contribution in [0.15, 0.2) is 6.07 Å². The zero-order valence-corrected chi connectivity index (χ0v) is 9.15. The molecular formula is C11H17N3O. The van der Waals surface area contributed by atoms with Crippen LogP contribution in [0.3, 0.4) is 0 Å². The summed E-state index contributed by atoms with van der Waals surface area (Å²) in [7, 11) is 1.90. The van der Waals surface area contributed by atoms with Crippen molar-refractivity contribution < 1.29 is 4.79 Å². The Morgan fingerprint density at radius 3 is 2.80 bits per heavy atom. The maximum absolute atomic E-state index is 10.5. The molecule has 2 heterocycles. The van der Waals surface area contributed by atoms with Crippen molar-refractivity contribution in [1.82, 2.24) is 14.7 Å². The van der Waals surface area contributed by atoms with E-state index in [2.05, 4.69) is 10.00 Å². The van der Waals surface area contributed by atoms with Crippen molar-refractivity contribution in [3.63, 3.8) is 0 Å². The molecule has 1 saturated heterocycles. The van der Waals surface area contributed by atoms with Gasteiger partial charge in [0.15, 0.2) is 6.29 Å². The number of likely N-dealkylation sites (tertiary alicyclic amines) is 1. The number of hydrogen-bond acceptors (Lipinski definition) is 3.